The molecule has 1 amide bonds. The highest BCUT2D eigenvalue weighted by Crippen LogP contribution is 2.34. The lowest BCUT2D eigenvalue weighted by Gasteiger charge is -2.11. The Hall–Kier alpha value is -3.92. The van der Waals surface area contributed by atoms with E-state index in [2.05, 4.69) is 16.3 Å². The maximum atomic E-state index is 12.6. The fraction of sp³-hybridized carbons (Fsp3) is 0.217. The largest absolute Gasteiger partial charge is 0.497 e. The van der Waals surface area contributed by atoms with Crippen molar-refractivity contribution in [3.05, 3.63) is 54.2 Å². The van der Waals surface area contributed by atoms with Crippen molar-refractivity contribution in [2.75, 3.05) is 26.1 Å². The summed E-state index contributed by atoms with van der Waals surface area (Å²) in [5, 5.41) is 7.43. The Morgan fingerprint density at radius 1 is 1.13 bits per heavy atom. The molecule has 3 rings (SSSR count). The van der Waals surface area contributed by atoms with Crippen molar-refractivity contribution in [2.45, 2.75) is 6.42 Å². The third kappa shape index (κ3) is 4.92. The first-order valence-electron chi connectivity index (χ1n) is 9.25. The zero-order chi connectivity index (χ0) is 21.5. The van der Waals surface area contributed by atoms with Crippen molar-refractivity contribution in [3.8, 4) is 40.8 Å². The molecule has 7 heteroatoms. The minimum Gasteiger partial charge on any atom is -0.497 e. The zero-order valence-corrected chi connectivity index (χ0v) is 17.1. The number of nitrogens with zero attached hydrogens (tertiary/aromatic N) is 2. The lowest BCUT2D eigenvalue weighted by molar-refractivity contribution is -0.115. The summed E-state index contributed by atoms with van der Waals surface area (Å²) in [5.41, 5.74) is 2.90. The molecular weight excluding hydrogens is 382 g/mol. The van der Waals surface area contributed by atoms with Gasteiger partial charge in [-0.15, -0.1) is 6.42 Å². The van der Waals surface area contributed by atoms with Crippen molar-refractivity contribution in [1.29, 1.82) is 0 Å². The predicted octanol–water partition coefficient (Wildman–Crippen LogP) is 3.30. The smallest absolute Gasteiger partial charge is 0.228 e. The number of benzene rings is 2. The number of hydrogen-bond acceptors (Lipinski definition) is 5. The molecule has 1 heterocycles. The number of aromatic nitrogens is 2. The van der Waals surface area contributed by atoms with Crippen molar-refractivity contribution in [3.63, 3.8) is 0 Å². The number of rotatable bonds is 8. The number of nitrogens with one attached hydrogen (secondary N) is 1. The van der Waals surface area contributed by atoms with E-state index in [4.69, 9.17) is 20.6 Å². The first-order valence-corrected chi connectivity index (χ1v) is 9.25. The molecule has 0 aliphatic carbocycles. The summed E-state index contributed by atoms with van der Waals surface area (Å²) in [4.78, 5) is 12.6. The third-order valence-electron chi connectivity index (χ3n) is 4.37. The van der Waals surface area contributed by atoms with Crippen molar-refractivity contribution in [2.24, 2.45) is 7.05 Å². The number of amides is 1. The second-order valence-electron chi connectivity index (χ2n) is 6.50. The summed E-state index contributed by atoms with van der Waals surface area (Å²) in [6.07, 6.45) is 7.25. The minimum atomic E-state index is -0.143. The van der Waals surface area contributed by atoms with Crippen LogP contribution in [0.1, 0.15) is 5.56 Å². The Kier molecular flexibility index (Phi) is 6.60. The first-order chi connectivity index (χ1) is 14.5. The van der Waals surface area contributed by atoms with Crippen LogP contribution in [-0.4, -0.2) is 36.5 Å². The van der Waals surface area contributed by atoms with Crippen LogP contribution in [-0.2, 0) is 18.3 Å². The highest BCUT2D eigenvalue weighted by molar-refractivity contribution is 5.95. The van der Waals surface area contributed by atoms with Gasteiger partial charge in [0.1, 0.15) is 18.1 Å². The molecule has 1 N–H and O–H groups in total. The van der Waals surface area contributed by atoms with Gasteiger partial charge in [0.2, 0.25) is 5.91 Å². The van der Waals surface area contributed by atoms with Gasteiger partial charge in [0.25, 0.3) is 0 Å². The number of methoxy groups -OCH3 is 2. The number of aryl methyl sites for hydroxylation is 1. The van der Waals surface area contributed by atoms with Gasteiger partial charge in [0.05, 0.1) is 26.3 Å². The monoisotopic (exact) mass is 405 g/mol. The lowest BCUT2D eigenvalue weighted by atomic mass is 10.1. The Morgan fingerprint density at radius 2 is 1.90 bits per heavy atom. The molecule has 7 nitrogen and oxygen atoms in total. The van der Waals surface area contributed by atoms with Gasteiger partial charge in [0, 0.05) is 18.8 Å². The highest BCUT2D eigenvalue weighted by Gasteiger charge is 2.16. The standard InChI is InChI=1S/C23H23N3O4/c1-5-12-30-20-11-8-17(14-21(20)29-4)23-19(15-26(2)25-23)24-22(27)13-16-6-9-18(28-3)10-7-16/h1,6-11,14-15H,12-13H2,2-4H3,(H,24,27). The number of hydrogen-bond donors (Lipinski definition) is 1. The molecule has 1 aromatic heterocycles. The van der Waals surface area contributed by atoms with E-state index in [0.29, 0.717) is 22.9 Å². The van der Waals surface area contributed by atoms with Crippen molar-refractivity contribution in [1.82, 2.24) is 9.78 Å². The van der Waals surface area contributed by atoms with Crippen LogP contribution >= 0.6 is 0 Å². The fourth-order valence-electron chi connectivity index (χ4n) is 2.97. The van der Waals surface area contributed by atoms with Gasteiger partial charge in [-0.25, -0.2) is 0 Å². The van der Waals surface area contributed by atoms with Gasteiger partial charge in [-0.05, 0) is 35.9 Å². The fourth-order valence-corrected chi connectivity index (χ4v) is 2.97. The zero-order valence-electron chi connectivity index (χ0n) is 17.1. The maximum Gasteiger partial charge on any atom is 0.228 e. The van der Waals surface area contributed by atoms with Gasteiger partial charge in [0.15, 0.2) is 11.5 Å². The number of carbonyl (C=O) groups is 1. The maximum absolute atomic E-state index is 12.6. The molecular formula is C23H23N3O4. The van der Waals surface area contributed by atoms with E-state index in [-0.39, 0.29) is 18.9 Å². The second-order valence-corrected chi connectivity index (χ2v) is 6.50. The van der Waals surface area contributed by atoms with Crippen LogP contribution in [0.25, 0.3) is 11.3 Å². The van der Waals surface area contributed by atoms with E-state index in [1.165, 1.54) is 0 Å². The van der Waals surface area contributed by atoms with Gasteiger partial charge < -0.3 is 19.5 Å². The molecule has 3 aromatic rings. The van der Waals surface area contributed by atoms with E-state index in [0.717, 1.165) is 16.9 Å². The molecule has 0 radical (unpaired) electrons. The normalized spacial score (nSPS) is 10.2. The average molecular weight is 405 g/mol. The second kappa shape index (κ2) is 9.52. The average Bonchev–Trinajstić information content (AvgIpc) is 3.12. The van der Waals surface area contributed by atoms with Gasteiger partial charge in [-0.1, -0.05) is 18.1 Å². The molecule has 0 aliphatic heterocycles. The molecule has 2 aromatic carbocycles. The van der Waals surface area contributed by atoms with Crippen LogP contribution in [0.15, 0.2) is 48.7 Å². The van der Waals surface area contributed by atoms with E-state index < -0.39 is 0 Å². The number of ether oxygens (including phenoxy) is 3. The summed E-state index contributed by atoms with van der Waals surface area (Å²) >= 11 is 0. The first kappa shape index (κ1) is 20.8. The van der Waals surface area contributed by atoms with Crippen LogP contribution in [0.2, 0.25) is 0 Å². The number of anilines is 1. The topological polar surface area (TPSA) is 74.6 Å². The Bertz CT molecular complexity index is 1070. The molecule has 30 heavy (non-hydrogen) atoms. The van der Waals surface area contributed by atoms with Crippen molar-refractivity contribution >= 4 is 11.6 Å². The highest BCUT2D eigenvalue weighted by atomic mass is 16.5. The quantitative estimate of drug-likeness (QED) is 0.582. The molecule has 0 saturated carbocycles. The Labute approximate surface area is 175 Å². The van der Waals surface area contributed by atoms with Gasteiger partial charge >= 0.3 is 0 Å². The van der Waals surface area contributed by atoms with Gasteiger partial charge in [-0.3, -0.25) is 9.48 Å². The molecule has 0 aliphatic rings. The van der Waals surface area contributed by atoms with E-state index in [1.54, 1.807) is 44.3 Å². The molecule has 0 atom stereocenters. The molecule has 0 spiro atoms. The Morgan fingerprint density at radius 3 is 2.57 bits per heavy atom. The van der Waals surface area contributed by atoms with Crippen LogP contribution in [0.5, 0.6) is 17.2 Å². The molecule has 0 saturated heterocycles. The summed E-state index contributed by atoms with van der Waals surface area (Å²) < 4.78 is 17.7. The van der Waals surface area contributed by atoms with Crippen LogP contribution in [0.3, 0.4) is 0 Å². The van der Waals surface area contributed by atoms with Crippen LogP contribution in [0, 0.1) is 12.3 Å². The van der Waals surface area contributed by atoms with Crippen molar-refractivity contribution < 1.29 is 19.0 Å². The molecule has 0 bridgehead atoms. The molecule has 0 unspecified atom stereocenters. The SMILES string of the molecule is C#CCOc1ccc(-c2nn(C)cc2NC(=O)Cc2ccc(OC)cc2)cc1OC. The summed E-state index contributed by atoms with van der Waals surface area (Å²) in [5.74, 6) is 4.10. The molecule has 0 fully saturated rings. The molecule has 154 valence electrons. The number of carbonyl (C=O) groups excluding carboxylic acids is 1. The Balaban J connectivity index is 1.80. The van der Waals surface area contributed by atoms with Crippen LogP contribution < -0.4 is 19.5 Å². The lowest BCUT2D eigenvalue weighted by Crippen LogP contribution is -2.14. The summed E-state index contributed by atoms with van der Waals surface area (Å²) in [6, 6.07) is 12.8. The minimum absolute atomic E-state index is 0.143. The van der Waals surface area contributed by atoms with E-state index in [1.807, 2.05) is 30.3 Å². The summed E-state index contributed by atoms with van der Waals surface area (Å²) in [7, 11) is 4.95. The predicted molar refractivity (Wildman–Crippen MR) is 115 cm³/mol. The number of terminal acetylenes is 1. The third-order valence-corrected chi connectivity index (χ3v) is 4.37. The van der Waals surface area contributed by atoms with E-state index in [9.17, 15) is 4.79 Å². The van der Waals surface area contributed by atoms with E-state index >= 15 is 0 Å². The van der Waals surface area contributed by atoms with Gasteiger partial charge in [-0.2, -0.15) is 5.10 Å². The van der Waals surface area contributed by atoms with Crippen LogP contribution in [0.4, 0.5) is 5.69 Å². The summed E-state index contributed by atoms with van der Waals surface area (Å²) in [6.45, 7) is 0.145.